The van der Waals surface area contributed by atoms with E-state index in [2.05, 4.69) is 5.10 Å². The van der Waals surface area contributed by atoms with E-state index in [9.17, 15) is 24.8 Å². The number of carboxylic acids is 1. The predicted molar refractivity (Wildman–Crippen MR) is 122 cm³/mol. The molecule has 9 nitrogen and oxygen atoms in total. The van der Waals surface area contributed by atoms with Crippen molar-refractivity contribution in [3.8, 4) is 11.3 Å². The normalized spacial score (nSPS) is 14.6. The first-order valence-electron chi connectivity index (χ1n) is 9.96. The van der Waals surface area contributed by atoms with E-state index in [-0.39, 0.29) is 16.8 Å². The lowest BCUT2D eigenvalue weighted by molar-refractivity contribution is -0.384. The number of anilines is 1. The van der Waals surface area contributed by atoms with Gasteiger partial charge in [0.05, 0.1) is 33.0 Å². The van der Waals surface area contributed by atoms with Crippen molar-refractivity contribution in [3.05, 3.63) is 86.7 Å². The van der Waals surface area contributed by atoms with Crippen LogP contribution in [-0.2, 0) is 4.79 Å². The average Bonchev–Trinajstić information content (AvgIpc) is 3.35. The lowest BCUT2D eigenvalue weighted by Crippen LogP contribution is -2.21. The molecule has 9 heteroatoms. The smallest absolute Gasteiger partial charge is 0.335 e. The lowest BCUT2D eigenvalue weighted by atomic mass is 10.0. The van der Waals surface area contributed by atoms with Crippen molar-refractivity contribution in [2.24, 2.45) is 5.10 Å². The van der Waals surface area contributed by atoms with Gasteiger partial charge in [-0.2, -0.15) is 10.1 Å². The summed E-state index contributed by atoms with van der Waals surface area (Å²) in [5, 5.41) is 26.1. The van der Waals surface area contributed by atoms with Crippen molar-refractivity contribution < 1.29 is 24.0 Å². The quantitative estimate of drug-likeness (QED) is 0.335. The molecular formula is C24H19N3O6. The van der Waals surface area contributed by atoms with Gasteiger partial charge in [-0.15, -0.1) is 0 Å². The second-order valence-corrected chi connectivity index (χ2v) is 7.63. The van der Waals surface area contributed by atoms with E-state index in [1.54, 1.807) is 38.1 Å². The molecule has 33 heavy (non-hydrogen) atoms. The van der Waals surface area contributed by atoms with Crippen LogP contribution < -0.4 is 5.01 Å². The summed E-state index contributed by atoms with van der Waals surface area (Å²) in [7, 11) is 0. The van der Waals surface area contributed by atoms with Crippen LogP contribution in [-0.4, -0.2) is 27.6 Å². The Morgan fingerprint density at radius 2 is 1.85 bits per heavy atom. The third-order valence-corrected chi connectivity index (χ3v) is 5.39. The predicted octanol–water partition coefficient (Wildman–Crippen LogP) is 4.98. The first kappa shape index (κ1) is 21.7. The van der Waals surface area contributed by atoms with E-state index in [1.165, 1.54) is 30.3 Å². The van der Waals surface area contributed by atoms with Gasteiger partial charge in [0.1, 0.15) is 11.5 Å². The lowest BCUT2D eigenvalue weighted by Gasteiger charge is -2.12. The molecule has 0 aliphatic carbocycles. The van der Waals surface area contributed by atoms with Gasteiger partial charge in [0.25, 0.3) is 11.6 Å². The van der Waals surface area contributed by atoms with E-state index >= 15 is 0 Å². The molecule has 0 bridgehead atoms. The highest BCUT2D eigenvalue weighted by molar-refractivity contribution is 6.32. The molecule has 0 spiro atoms. The molecule has 166 valence electrons. The maximum Gasteiger partial charge on any atom is 0.335 e. The summed E-state index contributed by atoms with van der Waals surface area (Å²) >= 11 is 0. The molecule has 1 N–H and O–H groups in total. The first-order chi connectivity index (χ1) is 15.7. The maximum absolute atomic E-state index is 13.0. The molecule has 2 heterocycles. The number of hydrogen-bond acceptors (Lipinski definition) is 6. The van der Waals surface area contributed by atoms with Crippen molar-refractivity contribution in [3.63, 3.8) is 0 Å². The molecule has 0 saturated carbocycles. The number of carbonyl (C=O) groups is 2. The van der Waals surface area contributed by atoms with E-state index in [0.29, 0.717) is 28.5 Å². The number of benzene rings is 2. The second kappa shape index (κ2) is 8.19. The van der Waals surface area contributed by atoms with Crippen molar-refractivity contribution in [1.82, 2.24) is 0 Å². The van der Waals surface area contributed by atoms with Crippen LogP contribution in [0.3, 0.4) is 0 Å². The summed E-state index contributed by atoms with van der Waals surface area (Å²) in [4.78, 5) is 35.3. The zero-order valence-corrected chi connectivity index (χ0v) is 18.0. The monoisotopic (exact) mass is 445 g/mol. The van der Waals surface area contributed by atoms with Gasteiger partial charge in [0.2, 0.25) is 0 Å². The molecule has 1 aromatic heterocycles. The summed E-state index contributed by atoms with van der Waals surface area (Å²) in [6, 6.07) is 12.4. The number of nitro benzene ring substituents is 1. The van der Waals surface area contributed by atoms with Gasteiger partial charge < -0.3 is 9.52 Å². The van der Waals surface area contributed by atoms with Crippen LogP contribution in [0, 0.1) is 24.0 Å². The molecule has 1 amide bonds. The van der Waals surface area contributed by atoms with Gasteiger partial charge in [0, 0.05) is 6.07 Å². The molecule has 0 saturated heterocycles. The standard InChI is InChI=1S/C24H19N3O6/c1-13-9-20(21(27(31)32)10-14(13)2)22-8-7-18(33-22)12-19-15(3)25-26(23(19)28)17-6-4-5-16(11-17)24(29)30/h4-12H,1-3H3,(H,29,30). The summed E-state index contributed by atoms with van der Waals surface area (Å²) < 4.78 is 5.82. The summed E-state index contributed by atoms with van der Waals surface area (Å²) in [5.41, 5.74) is 3.04. The minimum absolute atomic E-state index is 0.0382. The number of carboxylic acid groups (broad SMARTS) is 1. The van der Waals surface area contributed by atoms with Crippen LogP contribution >= 0.6 is 0 Å². The SMILES string of the molecule is CC1=NN(c2cccc(C(=O)O)c2)C(=O)C1=Cc1ccc(-c2cc(C)c(C)cc2[N+](=O)[O-])o1. The first-order valence-corrected chi connectivity index (χ1v) is 9.96. The Balaban J connectivity index is 1.67. The van der Waals surface area contributed by atoms with Crippen molar-refractivity contribution in [1.29, 1.82) is 0 Å². The van der Waals surface area contributed by atoms with Crippen molar-refractivity contribution in [2.45, 2.75) is 20.8 Å². The Bertz CT molecular complexity index is 1380. The average molecular weight is 445 g/mol. The van der Waals surface area contributed by atoms with Crippen molar-refractivity contribution >= 4 is 35.0 Å². The molecule has 4 rings (SSSR count). The van der Waals surface area contributed by atoms with Gasteiger partial charge in [-0.25, -0.2) is 4.79 Å². The number of rotatable bonds is 5. The molecule has 0 atom stereocenters. The van der Waals surface area contributed by atoms with Crippen LogP contribution in [0.2, 0.25) is 0 Å². The highest BCUT2D eigenvalue weighted by Gasteiger charge is 2.29. The molecule has 2 aromatic carbocycles. The highest BCUT2D eigenvalue weighted by Crippen LogP contribution is 2.34. The van der Waals surface area contributed by atoms with Gasteiger partial charge >= 0.3 is 5.97 Å². The third kappa shape index (κ3) is 4.03. The van der Waals surface area contributed by atoms with Gasteiger partial charge in [-0.3, -0.25) is 14.9 Å². The number of nitro groups is 1. The zero-order valence-electron chi connectivity index (χ0n) is 18.0. The largest absolute Gasteiger partial charge is 0.478 e. The topological polar surface area (TPSA) is 126 Å². The number of hydrogen-bond donors (Lipinski definition) is 1. The summed E-state index contributed by atoms with van der Waals surface area (Å²) in [6.07, 6.45) is 1.51. The summed E-state index contributed by atoms with van der Waals surface area (Å²) in [6.45, 7) is 5.32. The number of hydrazone groups is 1. The van der Waals surface area contributed by atoms with E-state index in [0.717, 1.165) is 16.1 Å². The van der Waals surface area contributed by atoms with Crippen LogP contribution in [0.5, 0.6) is 0 Å². The number of carbonyl (C=O) groups excluding carboxylic acids is 1. The van der Waals surface area contributed by atoms with Gasteiger partial charge in [-0.05, 0) is 74.4 Å². The van der Waals surface area contributed by atoms with E-state index in [1.807, 2.05) is 6.92 Å². The number of furan rings is 1. The summed E-state index contributed by atoms with van der Waals surface area (Å²) in [5.74, 6) is -0.909. The fourth-order valence-corrected chi connectivity index (χ4v) is 3.50. The Morgan fingerprint density at radius 1 is 1.12 bits per heavy atom. The Hall–Kier alpha value is -4.53. The van der Waals surface area contributed by atoms with E-state index < -0.39 is 16.8 Å². The molecule has 0 radical (unpaired) electrons. The van der Waals surface area contributed by atoms with Crippen LogP contribution in [0.1, 0.15) is 34.2 Å². The molecule has 0 fully saturated rings. The third-order valence-electron chi connectivity index (χ3n) is 5.39. The van der Waals surface area contributed by atoms with Crippen LogP contribution in [0.25, 0.3) is 17.4 Å². The molecule has 3 aromatic rings. The van der Waals surface area contributed by atoms with Gasteiger partial charge in [-0.1, -0.05) is 6.07 Å². The van der Waals surface area contributed by atoms with Crippen molar-refractivity contribution in [2.75, 3.05) is 5.01 Å². The van der Waals surface area contributed by atoms with Crippen LogP contribution in [0.4, 0.5) is 11.4 Å². The Morgan fingerprint density at radius 3 is 2.55 bits per heavy atom. The minimum Gasteiger partial charge on any atom is -0.478 e. The number of aromatic carboxylic acids is 1. The second-order valence-electron chi connectivity index (χ2n) is 7.63. The number of nitrogens with zero attached hydrogens (tertiary/aromatic N) is 3. The Labute approximate surface area is 188 Å². The minimum atomic E-state index is -1.11. The molecule has 1 aliphatic rings. The fraction of sp³-hybridized carbons (Fsp3) is 0.125. The molecular weight excluding hydrogens is 426 g/mol. The number of amides is 1. The highest BCUT2D eigenvalue weighted by atomic mass is 16.6. The maximum atomic E-state index is 13.0. The molecule has 1 aliphatic heterocycles. The van der Waals surface area contributed by atoms with Gasteiger partial charge in [0.15, 0.2) is 0 Å². The zero-order chi connectivity index (χ0) is 23.9. The molecule has 0 unspecified atom stereocenters. The van der Waals surface area contributed by atoms with E-state index in [4.69, 9.17) is 4.42 Å². The fourth-order valence-electron chi connectivity index (χ4n) is 3.50. The number of aryl methyl sites for hydroxylation is 2. The Kier molecular flexibility index (Phi) is 5.39. The van der Waals surface area contributed by atoms with Crippen LogP contribution in [0.15, 0.2) is 63.6 Å².